The molecule has 0 unspecified atom stereocenters. The highest BCUT2D eigenvalue weighted by molar-refractivity contribution is 4.83. The zero-order valence-electron chi connectivity index (χ0n) is 5.71. The first-order valence-corrected chi connectivity index (χ1v) is 2.67. The second-order valence-electron chi connectivity index (χ2n) is 1.54. The first kappa shape index (κ1) is 8.08. The van der Waals surface area contributed by atoms with Gasteiger partial charge in [0, 0.05) is 12.1 Å². The van der Waals surface area contributed by atoms with Crippen LogP contribution < -0.4 is 4.57 Å². The van der Waals surface area contributed by atoms with E-state index in [4.69, 9.17) is 0 Å². The second-order valence-corrected chi connectivity index (χ2v) is 1.54. The Labute approximate surface area is 54.8 Å². The molecule has 0 saturated heterocycles. The molecular formula is C7H11FN+. The number of hydrogen-bond donors (Lipinski definition) is 0. The second kappa shape index (κ2) is 5.22. The predicted octanol–water partition coefficient (Wildman–Crippen LogP) is 1.10. The Kier molecular flexibility index (Phi) is 4.69. The van der Waals surface area contributed by atoms with E-state index in [1.165, 1.54) is 0 Å². The lowest BCUT2D eigenvalue weighted by atomic mass is 10.5. The first-order valence-electron chi connectivity index (χ1n) is 2.67. The molecule has 0 atom stereocenters. The molecule has 0 radical (unpaired) electrons. The van der Waals surface area contributed by atoms with Crippen LogP contribution >= 0.6 is 0 Å². The highest BCUT2D eigenvalue weighted by Gasteiger charge is 1.78. The molecule has 0 aliphatic rings. The molecule has 0 aliphatic heterocycles. The maximum atomic E-state index is 9.50. The van der Waals surface area contributed by atoms with E-state index in [2.05, 4.69) is 0 Å². The Balaban J connectivity index is 0.000000291. The van der Waals surface area contributed by atoms with Gasteiger partial charge in [-0.3, -0.25) is 4.39 Å². The molecule has 0 N–H and O–H groups in total. The molecule has 1 heterocycles. The molecule has 1 aromatic heterocycles. The maximum absolute atomic E-state index is 9.50. The summed E-state index contributed by atoms with van der Waals surface area (Å²) in [4.78, 5) is 0. The van der Waals surface area contributed by atoms with Gasteiger partial charge in [0.05, 0.1) is 7.18 Å². The molecule has 0 fully saturated rings. The standard InChI is InChI=1S/C6H8N.CH3F/c1-7-5-3-2-4-6-7;1-2/h2-6H,1H3;1H3/q+1;. The van der Waals surface area contributed by atoms with E-state index < -0.39 is 0 Å². The topological polar surface area (TPSA) is 3.88 Å². The quantitative estimate of drug-likeness (QED) is 0.460. The van der Waals surface area contributed by atoms with E-state index in [1.807, 2.05) is 42.2 Å². The predicted molar refractivity (Wildman–Crippen MR) is 34.6 cm³/mol. The van der Waals surface area contributed by atoms with Gasteiger partial charge in [0.1, 0.15) is 7.05 Å². The summed E-state index contributed by atoms with van der Waals surface area (Å²) in [7, 11) is 2.50. The average Bonchev–Trinajstić information content (AvgIpc) is 1.94. The van der Waals surface area contributed by atoms with Crippen molar-refractivity contribution in [3.8, 4) is 0 Å². The van der Waals surface area contributed by atoms with Crippen molar-refractivity contribution in [1.82, 2.24) is 0 Å². The van der Waals surface area contributed by atoms with E-state index >= 15 is 0 Å². The van der Waals surface area contributed by atoms with Crippen LogP contribution in [0.1, 0.15) is 0 Å². The summed E-state index contributed by atoms with van der Waals surface area (Å²) < 4.78 is 11.5. The lowest BCUT2D eigenvalue weighted by molar-refractivity contribution is -0.671. The fourth-order valence-electron chi connectivity index (χ4n) is 0.485. The zero-order valence-corrected chi connectivity index (χ0v) is 5.71. The van der Waals surface area contributed by atoms with Crippen molar-refractivity contribution in [2.75, 3.05) is 7.18 Å². The van der Waals surface area contributed by atoms with Crippen LogP contribution in [-0.2, 0) is 7.05 Å². The van der Waals surface area contributed by atoms with Crippen LogP contribution in [0.5, 0.6) is 0 Å². The molecule has 0 aromatic carbocycles. The molecule has 0 aliphatic carbocycles. The van der Waals surface area contributed by atoms with Gasteiger partial charge in [-0.05, 0) is 0 Å². The summed E-state index contributed by atoms with van der Waals surface area (Å²) in [5.74, 6) is 0. The van der Waals surface area contributed by atoms with Crippen LogP contribution in [0.25, 0.3) is 0 Å². The Morgan fingerprint density at radius 2 is 1.44 bits per heavy atom. The van der Waals surface area contributed by atoms with Crippen molar-refractivity contribution >= 4 is 0 Å². The molecule has 50 valence electrons. The van der Waals surface area contributed by atoms with Gasteiger partial charge in [-0.2, -0.15) is 0 Å². The van der Waals surface area contributed by atoms with Crippen molar-refractivity contribution in [3.05, 3.63) is 30.6 Å². The summed E-state index contributed by atoms with van der Waals surface area (Å²) in [6.45, 7) is 0. The van der Waals surface area contributed by atoms with Crippen LogP contribution in [0.15, 0.2) is 30.6 Å². The Bertz CT molecular complexity index is 139. The monoisotopic (exact) mass is 128 g/mol. The molecule has 1 rings (SSSR count). The molecule has 0 spiro atoms. The van der Waals surface area contributed by atoms with Crippen LogP contribution in [0.3, 0.4) is 0 Å². The minimum absolute atomic E-state index is 0.500. The van der Waals surface area contributed by atoms with Gasteiger partial charge in [-0.1, -0.05) is 6.07 Å². The number of nitrogens with zero attached hydrogens (tertiary/aromatic N) is 1. The zero-order chi connectivity index (χ0) is 7.11. The largest absolute Gasteiger partial charge is 0.255 e. The van der Waals surface area contributed by atoms with Gasteiger partial charge >= 0.3 is 0 Å². The fraction of sp³-hybridized carbons (Fsp3) is 0.286. The van der Waals surface area contributed by atoms with Crippen LogP contribution in [0.2, 0.25) is 0 Å². The molecule has 1 aromatic rings. The number of alkyl halides is 1. The summed E-state index contributed by atoms with van der Waals surface area (Å²) in [5, 5.41) is 0. The van der Waals surface area contributed by atoms with Gasteiger partial charge in [0.15, 0.2) is 12.4 Å². The number of aromatic nitrogens is 1. The highest BCUT2D eigenvalue weighted by Crippen LogP contribution is 1.71. The minimum Gasteiger partial charge on any atom is -0.255 e. The van der Waals surface area contributed by atoms with E-state index in [1.54, 1.807) is 0 Å². The number of aryl methyl sites for hydroxylation is 1. The maximum Gasteiger partial charge on any atom is 0.168 e. The van der Waals surface area contributed by atoms with Gasteiger partial charge in [-0.15, -0.1) is 0 Å². The van der Waals surface area contributed by atoms with Crippen LogP contribution in [0.4, 0.5) is 4.39 Å². The van der Waals surface area contributed by atoms with Gasteiger partial charge < -0.3 is 0 Å². The van der Waals surface area contributed by atoms with Crippen molar-refractivity contribution in [1.29, 1.82) is 0 Å². The summed E-state index contributed by atoms with van der Waals surface area (Å²) in [6, 6.07) is 6.00. The average molecular weight is 128 g/mol. The SMILES string of the molecule is CF.C[n+]1ccccc1. The minimum atomic E-state index is 0.500. The van der Waals surface area contributed by atoms with Crippen LogP contribution in [-0.4, -0.2) is 7.18 Å². The van der Waals surface area contributed by atoms with Crippen molar-refractivity contribution in [2.45, 2.75) is 0 Å². The summed E-state index contributed by atoms with van der Waals surface area (Å²) in [6.07, 6.45) is 4.00. The lowest BCUT2D eigenvalue weighted by Crippen LogP contribution is -2.25. The normalized spacial score (nSPS) is 7.44. The molecule has 0 saturated carbocycles. The van der Waals surface area contributed by atoms with Gasteiger partial charge in [-0.25, -0.2) is 4.57 Å². The summed E-state index contributed by atoms with van der Waals surface area (Å²) in [5.41, 5.74) is 0. The van der Waals surface area contributed by atoms with E-state index in [0.29, 0.717) is 7.18 Å². The molecular weight excluding hydrogens is 117 g/mol. The van der Waals surface area contributed by atoms with Crippen molar-refractivity contribution < 1.29 is 8.96 Å². The number of rotatable bonds is 0. The van der Waals surface area contributed by atoms with E-state index in [9.17, 15) is 4.39 Å². The smallest absolute Gasteiger partial charge is 0.168 e. The lowest BCUT2D eigenvalue weighted by Gasteiger charge is -1.77. The van der Waals surface area contributed by atoms with Crippen molar-refractivity contribution in [2.24, 2.45) is 7.05 Å². The third-order valence-electron chi connectivity index (χ3n) is 0.865. The fourth-order valence-corrected chi connectivity index (χ4v) is 0.485. The van der Waals surface area contributed by atoms with E-state index in [0.717, 1.165) is 0 Å². The number of hydrogen-bond acceptors (Lipinski definition) is 0. The Hall–Kier alpha value is -0.920. The van der Waals surface area contributed by atoms with Crippen molar-refractivity contribution in [3.63, 3.8) is 0 Å². The number of halogens is 1. The van der Waals surface area contributed by atoms with Crippen LogP contribution in [0, 0.1) is 0 Å². The first-order chi connectivity index (χ1) is 4.39. The Morgan fingerprint density at radius 1 is 1.00 bits per heavy atom. The summed E-state index contributed by atoms with van der Waals surface area (Å²) >= 11 is 0. The van der Waals surface area contributed by atoms with Gasteiger partial charge in [0.25, 0.3) is 0 Å². The molecule has 0 amide bonds. The molecule has 2 heteroatoms. The molecule has 9 heavy (non-hydrogen) atoms. The highest BCUT2D eigenvalue weighted by atomic mass is 19.1. The third kappa shape index (κ3) is 3.64. The third-order valence-corrected chi connectivity index (χ3v) is 0.865. The number of pyridine rings is 1. The van der Waals surface area contributed by atoms with Gasteiger partial charge in [0.2, 0.25) is 0 Å². The van der Waals surface area contributed by atoms with E-state index in [-0.39, 0.29) is 0 Å². The molecule has 0 bridgehead atoms. The molecule has 1 nitrogen and oxygen atoms in total. The Morgan fingerprint density at radius 3 is 1.67 bits per heavy atom.